The van der Waals surface area contributed by atoms with Crippen molar-refractivity contribution in [2.24, 2.45) is 5.92 Å². The molecule has 0 aromatic rings. The Morgan fingerprint density at radius 3 is 2.45 bits per heavy atom. The molecule has 2 atom stereocenters. The lowest BCUT2D eigenvalue weighted by atomic mass is 9.89. The Bertz CT molecular complexity index is 156. The van der Waals surface area contributed by atoms with Crippen LogP contribution >= 0.6 is 0 Å². The second-order valence-electron chi connectivity index (χ2n) is 3.41. The first-order chi connectivity index (χ1) is 5.11. The van der Waals surface area contributed by atoms with Gasteiger partial charge in [0.2, 0.25) is 5.91 Å². The summed E-state index contributed by atoms with van der Waals surface area (Å²) in [5.41, 5.74) is 0. The van der Waals surface area contributed by atoms with E-state index in [2.05, 4.69) is 5.32 Å². The molecule has 0 radical (unpaired) electrons. The maximum absolute atomic E-state index is 11.1. The summed E-state index contributed by atoms with van der Waals surface area (Å²) in [6, 6.07) is 0.0184. The Morgan fingerprint density at radius 1 is 1.55 bits per heavy atom. The first-order valence-electron chi connectivity index (χ1n) is 4.09. The van der Waals surface area contributed by atoms with Crippen molar-refractivity contribution in [2.75, 3.05) is 0 Å². The quantitative estimate of drug-likeness (QED) is 0.605. The Labute approximate surface area is 66.8 Å². The molecule has 3 nitrogen and oxygen atoms in total. The Hall–Kier alpha value is -0.570. The molecule has 64 valence electrons. The van der Waals surface area contributed by atoms with Crippen LogP contribution in [-0.4, -0.2) is 23.2 Å². The van der Waals surface area contributed by atoms with Crippen LogP contribution in [0.5, 0.6) is 0 Å². The van der Waals surface area contributed by atoms with Gasteiger partial charge in [0.15, 0.2) is 0 Å². The third kappa shape index (κ3) is 1.93. The third-order valence-electron chi connectivity index (χ3n) is 2.09. The molecule has 1 fully saturated rings. The molecular formula is C8H15NO2. The Balaban J connectivity index is 2.25. The van der Waals surface area contributed by atoms with Gasteiger partial charge in [0.05, 0.1) is 12.1 Å². The van der Waals surface area contributed by atoms with Crippen molar-refractivity contribution < 1.29 is 9.90 Å². The van der Waals surface area contributed by atoms with Crippen molar-refractivity contribution >= 4 is 5.91 Å². The molecule has 2 N–H and O–H groups in total. The smallest absolute Gasteiger partial charge is 0.222 e. The average Bonchev–Trinajstić information content (AvgIpc) is 1.96. The normalized spacial score (nSPS) is 29.8. The van der Waals surface area contributed by atoms with Gasteiger partial charge < -0.3 is 10.4 Å². The van der Waals surface area contributed by atoms with Gasteiger partial charge in [-0.3, -0.25) is 4.79 Å². The first-order valence-corrected chi connectivity index (χ1v) is 4.09. The summed E-state index contributed by atoms with van der Waals surface area (Å²) in [4.78, 5) is 11.1. The lowest BCUT2D eigenvalue weighted by molar-refractivity contribution is -0.126. The zero-order valence-corrected chi connectivity index (χ0v) is 7.00. The van der Waals surface area contributed by atoms with Gasteiger partial charge in [-0.2, -0.15) is 0 Å². The van der Waals surface area contributed by atoms with Crippen LogP contribution in [0, 0.1) is 5.92 Å². The monoisotopic (exact) mass is 157 g/mol. The van der Waals surface area contributed by atoms with Crippen molar-refractivity contribution in [2.45, 2.75) is 38.8 Å². The van der Waals surface area contributed by atoms with Gasteiger partial charge in [0.1, 0.15) is 0 Å². The lowest BCUT2D eigenvalue weighted by Gasteiger charge is -2.33. The maximum atomic E-state index is 11.1. The molecule has 1 aliphatic carbocycles. The number of hydrogen-bond acceptors (Lipinski definition) is 2. The zero-order chi connectivity index (χ0) is 8.43. The van der Waals surface area contributed by atoms with Gasteiger partial charge in [-0.1, -0.05) is 13.8 Å². The molecule has 1 rings (SSSR count). The van der Waals surface area contributed by atoms with Crippen molar-refractivity contribution in [1.29, 1.82) is 0 Å². The minimum atomic E-state index is -0.308. The summed E-state index contributed by atoms with van der Waals surface area (Å²) in [6.45, 7) is 3.70. The number of aliphatic hydroxyl groups excluding tert-OH is 1. The molecule has 0 aliphatic heterocycles. The van der Waals surface area contributed by atoms with Gasteiger partial charge in [0.25, 0.3) is 0 Å². The van der Waals surface area contributed by atoms with Crippen LogP contribution in [0.1, 0.15) is 26.7 Å². The van der Waals surface area contributed by atoms with Crippen molar-refractivity contribution in [3.63, 3.8) is 0 Å². The number of carbonyl (C=O) groups excluding carboxylic acids is 1. The fraction of sp³-hybridized carbons (Fsp3) is 0.875. The molecule has 0 unspecified atom stereocenters. The van der Waals surface area contributed by atoms with E-state index in [-0.39, 0.29) is 24.0 Å². The predicted molar refractivity (Wildman–Crippen MR) is 42.0 cm³/mol. The SMILES string of the molecule is CC(C)C(=O)N[C@H]1CC[C@@H]1O. The fourth-order valence-corrected chi connectivity index (χ4v) is 1.00. The maximum Gasteiger partial charge on any atom is 0.222 e. The summed E-state index contributed by atoms with van der Waals surface area (Å²) in [7, 11) is 0. The fourth-order valence-electron chi connectivity index (χ4n) is 1.00. The molecule has 11 heavy (non-hydrogen) atoms. The van der Waals surface area contributed by atoms with Crippen LogP contribution in [0.4, 0.5) is 0 Å². The van der Waals surface area contributed by atoms with Gasteiger partial charge >= 0.3 is 0 Å². The number of aliphatic hydroxyl groups is 1. The van der Waals surface area contributed by atoms with Crippen LogP contribution < -0.4 is 5.32 Å². The molecule has 1 aliphatic rings. The number of amides is 1. The van der Waals surface area contributed by atoms with Crippen LogP contribution in [0.15, 0.2) is 0 Å². The Kier molecular flexibility index (Phi) is 2.49. The van der Waals surface area contributed by atoms with Gasteiger partial charge in [0, 0.05) is 5.92 Å². The molecule has 1 saturated carbocycles. The summed E-state index contributed by atoms with van der Waals surface area (Å²) >= 11 is 0. The lowest BCUT2D eigenvalue weighted by Crippen LogP contribution is -2.51. The second-order valence-corrected chi connectivity index (χ2v) is 3.41. The highest BCUT2D eigenvalue weighted by Crippen LogP contribution is 2.19. The molecule has 3 heteroatoms. The average molecular weight is 157 g/mol. The summed E-state index contributed by atoms with van der Waals surface area (Å²) in [5.74, 6) is 0.0524. The van der Waals surface area contributed by atoms with Crippen LogP contribution in [0.3, 0.4) is 0 Å². The molecule has 0 aromatic heterocycles. The van der Waals surface area contributed by atoms with E-state index in [1.807, 2.05) is 13.8 Å². The number of nitrogens with one attached hydrogen (secondary N) is 1. The largest absolute Gasteiger partial charge is 0.391 e. The highest BCUT2D eigenvalue weighted by atomic mass is 16.3. The van der Waals surface area contributed by atoms with E-state index in [1.54, 1.807) is 0 Å². The number of rotatable bonds is 2. The highest BCUT2D eigenvalue weighted by molar-refractivity contribution is 5.78. The van der Waals surface area contributed by atoms with Crippen molar-refractivity contribution in [1.82, 2.24) is 5.32 Å². The van der Waals surface area contributed by atoms with Crippen molar-refractivity contribution in [3.8, 4) is 0 Å². The topological polar surface area (TPSA) is 49.3 Å². The van der Waals surface area contributed by atoms with E-state index < -0.39 is 0 Å². The van der Waals surface area contributed by atoms with E-state index in [4.69, 9.17) is 5.11 Å². The summed E-state index contributed by atoms with van der Waals surface area (Å²) < 4.78 is 0. The van der Waals surface area contributed by atoms with Gasteiger partial charge in [-0.05, 0) is 12.8 Å². The number of hydrogen-bond donors (Lipinski definition) is 2. The van der Waals surface area contributed by atoms with E-state index in [0.29, 0.717) is 0 Å². The molecule has 1 amide bonds. The second kappa shape index (κ2) is 3.22. The zero-order valence-electron chi connectivity index (χ0n) is 7.00. The molecule has 0 heterocycles. The summed E-state index contributed by atoms with van der Waals surface area (Å²) in [5, 5.41) is 11.9. The van der Waals surface area contributed by atoms with Crippen LogP contribution in [0.2, 0.25) is 0 Å². The highest BCUT2D eigenvalue weighted by Gasteiger charge is 2.30. The van der Waals surface area contributed by atoms with Crippen molar-refractivity contribution in [3.05, 3.63) is 0 Å². The van der Waals surface area contributed by atoms with Crippen LogP contribution in [-0.2, 0) is 4.79 Å². The minimum Gasteiger partial charge on any atom is -0.391 e. The predicted octanol–water partition coefficient (Wildman–Crippen LogP) is 0.282. The standard InChI is InChI=1S/C8H15NO2/c1-5(2)8(11)9-6-3-4-7(6)10/h5-7,10H,3-4H2,1-2H3,(H,9,11)/t6-,7-/m0/s1. The van der Waals surface area contributed by atoms with Gasteiger partial charge in [-0.15, -0.1) is 0 Å². The van der Waals surface area contributed by atoms with E-state index in [9.17, 15) is 4.79 Å². The minimum absolute atomic E-state index is 0.0165. The Morgan fingerprint density at radius 2 is 2.18 bits per heavy atom. The molecule has 0 spiro atoms. The molecule has 0 aromatic carbocycles. The molecule has 0 saturated heterocycles. The first kappa shape index (κ1) is 8.53. The van der Waals surface area contributed by atoms with Gasteiger partial charge in [-0.25, -0.2) is 0 Å². The van der Waals surface area contributed by atoms with E-state index in [0.717, 1.165) is 12.8 Å². The number of carbonyl (C=O) groups is 1. The molecular weight excluding hydrogens is 142 g/mol. The van der Waals surface area contributed by atoms with E-state index >= 15 is 0 Å². The summed E-state index contributed by atoms with van der Waals surface area (Å²) in [6.07, 6.45) is 1.43. The third-order valence-corrected chi connectivity index (χ3v) is 2.09. The van der Waals surface area contributed by atoms with Crippen LogP contribution in [0.25, 0.3) is 0 Å². The van der Waals surface area contributed by atoms with E-state index in [1.165, 1.54) is 0 Å². The molecule has 0 bridgehead atoms.